The molecule has 0 spiro atoms. The number of aryl methyl sites for hydroxylation is 2. The molecule has 0 aliphatic carbocycles. The first-order valence-corrected chi connectivity index (χ1v) is 7.95. The Balaban J connectivity index is 2.11. The van der Waals surface area contributed by atoms with Gasteiger partial charge in [0.15, 0.2) is 0 Å². The Hall–Kier alpha value is -1.66. The van der Waals surface area contributed by atoms with Crippen molar-refractivity contribution in [1.29, 1.82) is 0 Å². The third kappa shape index (κ3) is 3.26. The second-order valence-corrected chi connectivity index (χ2v) is 6.69. The Labute approximate surface area is 119 Å². The number of sulfonamides is 1. The fraction of sp³-hybridized carbons (Fsp3) is 0.357. The maximum atomic E-state index is 12.2. The van der Waals surface area contributed by atoms with Crippen LogP contribution < -0.4 is 4.72 Å². The van der Waals surface area contributed by atoms with Gasteiger partial charge in [0.25, 0.3) is 0 Å². The van der Waals surface area contributed by atoms with Crippen molar-refractivity contribution in [3.05, 3.63) is 47.3 Å². The number of nitrogens with zero attached hydrogens (tertiary/aromatic N) is 1. The lowest BCUT2D eigenvalue weighted by atomic mass is 10.0. The number of rotatable bonds is 5. The number of hydrogen-bond donors (Lipinski definition) is 2. The van der Waals surface area contributed by atoms with E-state index < -0.39 is 10.0 Å². The van der Waals surface area contributed by atoms with Gasteiger partial charge in [-0.1, -0.05) is 24.3 Å². The summed E-state index contributed by atoms with van der Waals surface area (Å²) in [6, 6.07) is 7.79. The number of H-pyrrole nitrogens is 1. The molecule has 1 heterocycles. The first kappa shape index (κ1) is 14.7. The highest BCUT2D eigenvalue weighted by Crippen LogP contribution is 2.14. The van der Waals surface area contributed by atoms with Crippen molar-refractivity contribution in [3.63, 3.8) is 0 Å². The van der Waals surface area contributed by atoms with Gasteiger partial charge in [0.1, 0.15) is 4.90 Å². The minimum Gasteiger partial charge on any atom is -0.281 e. The Kier molecular flexibility index (Phi) is 4.25. The molecule has 0 saturated heterocycles. The van der Waals surface area contributed by atoms with Crippen LogP contribution in [0.4, 0.5) is 0 Å². The fourth-order valence-corrected chi connectivity index (χ4v) is 3.53. The van der Waals surface area contributed by atoms with Gasteiger partial charge in [-0.25, -0.2) is 13.1 Å². The van der Waals surface area contributed by atoms with Crippen LogP contribution in [0.5, 0.6) is 0 Å². The van der Waals surface area contributed by atoms with Crippen LogP contribution >= 0.6 is 0 Å². The summed E-state index contributed by atoms with van der Waals surface area (Å²) in [6.45, 7) is 5.57. The lowest BCUT2D eigenvalue weighted by molar-refractivity contribution is 0.559. The normalized spacial score (nSPS) is 13.3. The molecule has 2 rings (SSSR count). The van der Waals surface area contributed by atoms with Crippen LogP contribution in [0, 0.1) is 13.8 Å². The van der Waals surface area contributed by atoms with Gasteiger partial charge < -0.3 is 0 Å². The zero-order valence-electron chi connectivity index (χ0n) is 11.8. The number of hydrogen-bond acceptors (Lipinski definition) is 3. The minimum absolute atomic E-state index is 0.185. The van der Waals surface area contributed by atoms with E-state index in [-0.39, 0.29) is 10.9 Å². The molecule has 20 heavy (non-hydrogen) atoms. The highest BCUT2D eigenvalue weighted by atomic mass is 32.2. The Morgan fingerprint density at radius 2 is 2.00 bits per heavy atom. The molecule has 0 amide bonds. The van der Waals surface area contributed by atoms with Gasteiger partial charge in [0.2, 0.25) is 10.0 Å². The Morgan fingerprint density at radius 1 is 1.30 bits per heavy atom. The average Bonchev–Trinajstić information content (AvgIpc) is 2.78. The van der Waals surface area contributed by atoms with Gasteiger partial charge in [-0.2, -0.15) is 5.10 Å². The van der Waals surface area contributed by atoms with E-state index in [4.69, 9.17) is 0 Å². The molecule has 0 bridgehead atoms. The van der Waals surface area contributed by atoms with E-state index in [1.165, 1.54) is 6.20 Å². The van der Waals surface area contributed by atoms with Crippen LogP contribution in [0.25, 0.3) is 0 Å². The third-order valence-corrected chi connectivity index (χ3v) is 4.92. The summed E-state index contributed by atoms with van der Waals surface area (Å²) in [5, 5.41) is 6.39. The molecule has 2 aromatic rings. The fourth-order valence-electron chi connectivity index (χ4n) is 2.15. The van der Waals surface area contributed by atoms with Crippen LogP contribution in [-0.4, -0.2) is 24.7 Å². The van der Waals surface area contributed by atoms with Crippen molar-refractivity contribution in [2.75, 3.05) is 0 Å². The highest BCUT2D eigenvalue weighted by Gasteiger charge is 2.21. The van der Waals surface area contributed by atoms with Crippen molar-refractivity contribution in [3.8, 4) is 0 Å². The molecular weight excluding hydrogens is 274 g/mol. The summed E-state index contributed by atoms with van der Waals surface area (Å²) >= 11 is 0. The predicted molar refractivity (Wildman–Crippen MR) is 78.0 cm³/mol. The van der Waals surface area contributed by atoms with Gasteiger partial charge in [-0.3, -0.25) is 5.10 Å². The summed E-state index contributed by atoms with van der Waals surface area (Å²) < 4.78 is 27.1. The quantitative estimate of drug-likeness (QED) is 0.884. The first-order chi connectivity index (χ1) is 9.40. The molecule has 0 aliphatic heterocycles. The van der Waals surface area contributed by atoms with E-state index in [1.54, 1.807) is 6.92 Å². The monoisotopic (exact) mass is 293 g/mol. The van der Waals surface area contributed by atoms with Crippen LogP contribution in [0.3, 0.4) is 0 Å². The van der Waals surface area contributed by atoms with E-state index in [0.29, 0.717) is 12.1 Å². The summed E-state index contributed by atoms with van der Waals surface area (Å²) in [7, 11) is -3.52. The zero-order chi connectivity index (χ0) is 14.8. The van der Waals surface area contributed by atoms with Gasteiger partial charge in [-0.05, 0) is 38.3 Å². The molecule has 6 heteroatoms. The van der Waals surface area contributed by atoms with E-state index >= 15 is 0 Å². The predicted octanol–water partition coefficient (Wildman–Crippen LogP) is 1.94. The molecule has 0 fully saturated rings. The van der Waals surface area contributed by atoms with E-state index in [2.05, 4.69) is 14.9 Å². The molecule has 2 N–H and O–H groups in total. The Morgan fingerprint density at radius 3 is 2.60 bits per heavy atom. The molecule has 1 unspecified atom stereocenters. The standard InChI is InChI=1S/C14H19N3O2S/c1-10-6-4-5-7-13(10)8-11(2)17-20(18,19)14-9-15-16-12(14)3/h4-7,9,11,17H,8H2,1-3H3,(H,15,16). The summed E-state index contributed by atoms with van der Waals surface area (Å²) in [4.78, 5) is 0.203. The third-order valence-electron chi connectivity index (χ3n) is 3.22. The number of nitrogens with one attached hydrogen (secondary N) is 2. The molecule has 108 valence electrons. The lowest BCUT2D eigenvalue weighted by Gasteiger charge is -2.15. The second kappa shape index (κ2) is 5.76. The number of aromatic amines is 1. The molecule has 1 aromatic heterocycles. The molecule has 5 nitrogen and oxygen atoms in total. The van der Waals surface area contributed by atoms with Gasteiger partial charge >= 0.3 is 0 Å². The highest BCUT2D eigenvalue weighted by molar-refractivity contribution is 7.89. The van der Waals surface area contributed by atoms with Gasteiger partial charge in [-0.15, -0.1) is 0 Å². The summed E-state index contributed by atoms with van der Waals surface area (Å²) in [5.74, 6) is 0. The molecule has 0 radical (unpaired) electrons. The minimum atomic E-state index is -3.52. The average molecular weight is 293 g/mol. The maximum absolute atomic E-state index is 12.2. The van der Waals surface area contributed by atoms with Crippen LogP contribution in [0.15, 0.2) is 35.4 Å². The molecule has 0 aliphatic rings. The molecule has 1 aromatic carbocycles. The summed E-state index contributed by atoms with van der Waals surface area (Å²) in [5.41, 5.74) is 2.85. The van der Waals surface area contributed by atoms with Crippen molar-refractivity contribution in [1.82, 2.24) is 14.9 Å². The molecule has 0 saturated carbocycles. The van der Waals surface area contributed by atoms with Crippen LogP contribution in [0.1, 0.15) is 23.7 Å². The maximum Gasteiger partial charge on any atom is 0.244 e. The van der Waals surface area contributed by atoms with E-state index in [0.717, 1.165) is 11.1 Å². The zero-order valence-corrected chi connectivity index (χ0v) is 12.7. The number of aromatic nitrogens is 2. The Bertz CT molecular complexity index is 692. The second-order valence-electron chi connectivity index (χ2n) is 5.01. The lowest BCUT2D eigenvalue weighted by Crippen LogP contribution is -2.34. The van der Waals surface area contributed by atoms with Crippen LogP contribution in [-0.2, 0) is 16.4 Å². The van der Waals surface area contributed by atoms with Gasteiger partial charge in [0.05, 0.1) is 11.9 Å². The van der Waals surface area contributed by atoms with Crippen LogP contribution in [0.2, 0.25) is 0 Å². The summed E-state index contributed by atoms with van der Waals surface area (Å²) in [6.07, 6.45) is 1.99. The van der Waals surface area contributed by atoms with E-state index in [9.17, 15) is 8.42 Å². The van der Waals surface area contributed by atoms with Crippen molar-refractivity contribution in [2.45, 2.75) is 38.1 Å². The first-order valence-electron chi connectivity index (χ1n) is 6.47. The SMILES string of the molecule is Cc1ccccc1CC(C)NS(=O)(=O)c1cn[nH]c1C. The smallest absolute Gasteiger partial charge is 0.244 e. The topological polar surface area (TPSA) is 74.8 Å². The van der Waals surface area contributed by atoms with Crippen molar-refractivity contribution < 1.29 is 8.42 Å². The number of benzene rings is 1. The van der Waals surface area contributed by atoms with Gasteiger partial charge in [0, 0.05) is 6.04 Å². The molecular formula is C14H19N3O2S. The van der Waals surface area contributed by atoms with Crippen molar-refractivity contribution >= 4 is 10.0 Å². The van der Waals surface area contributed by atoms with Crippen molar-refractivity contribution in [2.24, 2.45) is 0 Å². The largest absolute Gasteiger partial charge is 0.281 e. The van der Waals surface area contributed by atoms with E-state index in [1.807, 2.05) is 38.1 Å². The molecule has 1 atom stereocenters.